The topological polar surface area (TPSA) is 122 Å². The molecule has 0 aliphatic carbocycles. The van der Waals surface area contributed by atoms with E-state index < -0.39 is 40.6 Å². The van der Waals surface area contributed by atoms with Gasteiger partial charge >= 0.3 is 5.97 Å². The molecule has 1 saturated heterocycles. The molecule has 1 fully saturated rings. The summed E-state index contributed by atoms with van der Waals surface area (Å²) in [6.45, 7) is 8.89. The zero-order chi connectivity index (χ0) is 26.3. The van der Waals surface area contributed by atoms with Crippen molar-refractivity contribution in [2.24, 2.45) is 0 Å². The third-order valence-corrected chi connectivity index (χ3v) is 6.91. The lowest BCUT2D eigenvalue weighted by Crippen LogP contribution is -2.70. The fourth-order valence-electron chi connectivity index (χ4n) is 3.27. The largest absolute Gasteiger partial charge is 0.509 e. The lowest BCUT2D eigenvalue weighted by Gasteiger charge is -2.46. The number of rotatable bonds is 12. The number of alkyl halides is 1. The lowest BCUT2D eigenvalue weighted by molar-refractivity contribution is -0.160. The average molecular weight is 571 g/mol. The summed E-state index contributed by atoms with van der Waals surface area (Å²) in [5.74, 6) is -1.81. The predicted octanol–water partition coefficient (Wildman–Crippen LogP) is 3.66. The number of carbonyl (C=O) groups is 4. The number of benzene rings is 1. The highest BCUT2D eigenvalue weighted by molar-refractivity contribution is 9.09. The number of thioether (sulfide) groups is 1. The number of esters is 1. The maximum Gasteiger partial charge on any atom is 0.359 e. The minimum atomic E-state index is -1.09. The van der Waals surface area contributed by atoms with Crippen molar-refractivity contribution in [2.45, 2.75) is 64.0 Å². The molecule has 11 heteroatoms. The van der Waals surface area contributed by atoms with Crippen molar-refractivity contribution in [2.75, 3.05) is 11.9 Å². The summed E-state index contributed by atoms with van der Waals surface area (Å²) in [5.41, 5.74) is 0.227. The van der Waals surface area contributed by atoms with E-state index in [0.717, 1.165) is 10.5 Å². The first-order chi connectivity index (χ1) is 16.5. The molecule has 2 amide bonds. The van der Waals surface area contributed by atoms with Crippen LogP contribution in [0.4, 0.5) is 0 Å². The molecule has 0 saturated carbocycles. The molecule has 2 N–H and O–H groups in total. The van der Waals surface area contributed by atoms with Gasteiger partial charge in [-0.3, -0.25) is 19.3 Å². The second-order valence-corrected chi connectivity index (χ2v) is 10.3. The summed E-state index contributed by atoms with van der Waals surface area (Å²) in [4.78, 5) is 50.7. The van der Waals surface area contributed by atoms with Gasteiger partial charge in [-0.05, 0) is 37.8 Å². The van der Waals surface area contributed by atoms with Crippen LogP contribution < -0.4 is 10.1 Å². The van der Waals surface area contributed by atoms with Gasteiger partial charge in [0.2, 0.25) is 0 Å². The normalized spacial score (nSPS) is 18.5. The summed E-state index contributed by atoms with van der Waals surface area (Å²) in [6, 6.07) is 6.25. The van der Waals surface area contributed by atoms with Crippen LogP contribution in [0.5, 0.6) is 5.75 Å². The third kappa shape index (κ3) is 7.00. The molecule has 9 nitrogen and oxygen atoms in total. The third-order valence-electron chi connectivity index (χ3n) is 5.51. The van der Waals surface area contributed by atoms with Crippen LogP contribution in [0.15, 0.2) is 35.7 Å². The van der Waals surface area contributed by atoms with Crippen LogP contribution in [0.1, 0.15) is 52.5 Å². The molecule has 2 unspecified atom stereocenters. The Bertz CT molecular complexity index is 996. The Morgan fingerprint density at radius 1 is 1.31 bits per heavy atom. The predicted molar refractivity (Wildman–Crippen MR) is 137 cm³/mol. The summed E-state index contributed by atoms with van der Waals surface area (Å²) >= 11 is 3.78. The number of nitrogens with zero attached hydrogens (tertiary/aromatic N) is 1. The molecule has 2 atom stereocenters. The van der Waals surface area contributed by atoms with Crippen molar-refractivity contribution in [3.63, 3.8) is 0 Å². The fraction of sp³-hybridized carbons (Fsp3) is 0.500. The van der Waals surface area contributed by atoms with Gasteiger partial charge in [0.15, 0.2) is 17.9 Å². The first-order valence-electron chi connectivity index (χ1n) is 11.1. The molecule has 1 aromatic rings. The molecule has 1 aliphatic heterocycles. The Morgan fingerprint density at radius 2 is 1.97 bits per heavy atom. The fourth-order valence-corrected chi connectivity index (χ4v) is 4.32. The SMILES string of the molecule is CCC(C)(C)OC(=O)/C(=C(\O)CBr)N1C(=O)C(NC(=O)COc2ccccc2C(C)C)C1SC=O. The van der Waals surface area contributed by atoms with E-state index in [0.29, 0.717) is 29.6 Å². The number of ether oxygens (including phenoxy) is 2. The highest BCUT2D eigenvalue weighted by Crippen LogP contribution is 2.35. The number of carbonyl (C=O) groups excluding carboxylic acids is 4. The molecule has 0 bridgehead atoms. The summed E-state index contributed by atoms with van der Waals surface area (Å²) < 4.78 is 11.1. The van der Waals surface area contributed by atoms with Crippen LogP contribution >= 0.6 is 27.7 Å². The molecule has 1 aliphatic rings. The smallest absolute Gasteiger partial charge is 0.359 e. The Balaban J connectivity index is 2.17. The Kier molecular flexibility index (Phi) is 10.2. The number of allylic oxidation sites excluding steroid dienone is 1. The minimum absolute atomic E-state index is 0.119. The van der Waals surface area contributed by atoms with Gasteiger partial charge < -0.3 is 19.9 Å². The minimum Gasteiger partial charge on any atom is -0.509 e. The van der Waals surface area contributed by atoms with Gasteiger partial charge in [0, 0.05) is 0 Å². The monoisotopic (exact) mass is 570 g/mol. The van der Waals surface area contributed by atoms with Gasteiger partial charge in [-0.15, -0.1) is 0 Å². The van der Waals surface area contributed by atoms with Crippen molar-refractivity contribution in [1.82, 2.24) is 10.2 Å². The molecule has 0 aromatic heterocycles. The Morgan fingerprint density at radius 3 is 2.54 bits per heavy atom. The molecular weight excluding hydrogens is 540 g/mol. The van der Waals surface area contributed by atoms with Gasteiger partial charge in [0.05, 0.1) is 5.33 Å². The molecule has 192 valence electrons. The Labute approximate surface area is 217 Å². The van der Waals surface area contributed by atoms with Gasteiger partial charge in [0.25, 0.3) is 11.8 Å². The van der Waals surface area contributed by atoms with Crippen molar-refractivity contribution >= 4 is 51.1 Å². The van der Waals surface area contributed by atoms with E-state index in [-0.39, 0.29) is 23.6 Å². The number of halogens is 1. The van der Waals surface area contributed by atoms with Crippen molar-refractivity contribution in [3.05, 3.63) is 41.3 Å². The summed E-state index contributed by atoms with van der Waals surface area (Å²) in [5, 5.41) is 11.9. The summed E-state index contributed by atoms with van der Waals surface area (Å²) in [6.07, 6.45) is 0.500. The van der Waals surface area contributed by atoms with Crippen LogP contribution in [0.3, 0.4) is 0 Å². The van der Waals surface area contributed by atoms with Crippen molar-refractivity contribution in [3.8, 4) is 5.75 Å². The van der Waals surface area contributed by atoms with Gasteiger partial charge in [0.1, 0.15) is 28.5 Å². The molecule has 0 spiro atoms. The summed E-state index contributed by atoms with van der Waals surface area (Å²) in [7, 11) is 0. The molecule has 35 heavy (non-hydrogen) atoms. The molecule has 1 heterocycles. The maximum atomic E-state index is 13.0. The zero-order valence-corrected chi connectivity index (χ0v) is 22.8. The Hall–Kier alpha value is -2.53. The van der Waals surface area contributed by atoms with Crippen molar-refractivity contribution in [1.29, 1.82) is 0 Å². The molecule has 1 aromatic carbocycles. The van der Waals surface area contributed by atoms with E-state index in [2.05, 4.69) is 21.2 Å². The second kappa shape index (κ2) is 12.4. The van der Waals surface area contributed by atoms with Crippen LogP contribution in [0, 0.1) is 0 Å². The molecule has 0 radical (unpaired) electrons. The number of hydrogen-bond acceptors (Lipinski definition) is 8. The number of hydrogen-bond donors (Lipinski definition) is 2. The van der Waals surface area contributed by atoms with Crippen LogP contribution in [-0.4, -0.2) is 62.4 Å². The van der Waals surface area contributed by atoms with E-state index in [1.54, 1.807) is 26.0 Å². The molecule has 2 rings (SSSR count). The van der Waals surface area contributed by atoms with Crippen LogP contribution in [0.25, 0.3) is 0 Å². The van der Waals surface area contributed by atoms with Gasteiger partial charge in [-0.1, -0.05) is 66.7 Å². The quantitative estimate of drug-likeness (QED) is 0.0974. The number of likely N-dealkylation sites (tertiary alicyclic amines) is 1. The van der Waals surface area contributed by atoms with E-state index in [4.69, 9.17) is 9.47 Å². The van der Waals surface area contributed by atoms with Gasteiger partial charge in [-0.25, -0.2) is 4.79 Å². The van der Waals surface area contributed by atoms with Crippen molar-refractivity contribution < 1.29 is 33.8 Å². The zero-order valence-electron chi connectivity index (χ0n) is 20.4. The maximum absolute atomic E-state index is 13.0. The lowest BCUT2D eigenvalue weighted by atomic mass is 10.0. The van der Waals surface area contributed by atoms with E-state index in [1.165, 1.54) is 0 Å². The standard InChI is InChI=1S/C24H31BrN2O7S/c1-6-24(4,5)34-23(32)20(16(29)11-25)27-21(31)19(22(27)35-13-28)26-18(30)12-33-17-10-8-7-9-15(17)14(2)3/h7-10,13-14,19,22,29H,6,11-12H2,1-5H3,(H,26,30)/b20-16+. The van der Waals surface area contributed by atoms with Crippen LogP contribution in [0.2, 0.25) is 0 Å². The average Bonchev–Trinajstić information content (AvgIpc) is 2.82. The first kappa shape index (κ1) is 28.7. The molecular formula is C24H31BrN2O7S. The van der Waals surface area contributed by atoms with E-state index in [9.17, 15) is 24.3 Å². The van der Waals surface area contributed by atoms with E-state index in [1.807, 2.05) is 32.9 Å². The number of β-lactam (4-membered cyclic amide) rings is 1. The number of aliphatic hydroxyl groups is 1. The first-order valence-corrected chi connectivity index (χ1v) is 13.2. The van der Waals surface area contributed by atoms with Gasteiger partial charge in [-0.2, -0.15) is 0 Å². The van der Waals surface area contributed by atoms with E-state index >= 15 is 0 Å². The number of para-hydroxylation sites is 1. The number of aliphatic hydroxyl groups excluding tert-OH is 1. The second-order valence-electron chi connectivity index (χ2n) is 8.79. The van der Waals surface area contributed by atoms with Crippen LogP contribution in [-0.2, 0) is 23.9 Å². The number of nitrogens with one attached hydrogen (secondary N) is 1. The highest BCUT2D eigenvalue weighted by atomic mass is 79.9. The highest BCUT2D eigenvalue weighted by Gasteiger charge is 2.53. The number of amides is 2.